The summed E-state index contributed by atoms with van der Waals surface area (Å²) in [5.41, 5.74) is 0. The fourth-order valence-corrected chi connectivity index (χ4v) is 1.67. The van der Waals surface area contributed by atoms with E-state index in [4.69, 9.17) is 11.6 Å². The van der Waals surface area contributed by atoms with Gasteiger partial charge in [-0.2, -0.15) is 0 Å². The average Bonchev–Trinajstić information content (AvgIpc) is 1.89. The maximum absolute atomic E-state index is 5.83. The summed E-state index contributed by atoms with van der Waals surface area (Å²) in [7, 11) is 0.797. The van der Waals surface area contributed by atoms with Crippen molar-refractivity contribution in [3.05, 3.63) is 29.3 Å². The summed E-state index contributed by atoms with van der Waals surface area (Å²) in [5.74, 6) is 0. The Bertz CT molecular complexity index is 198. The normalized spacial score (nSPS) is 10.9. The molecule has 1 aromatic carbocycles. The zero-order valence-electron chi connectivity index (χ0n) is 5.19. The maximum Gasteiger partial charge on any atom is 0.0480 e. The van der Waals surface area contributed by atoms with E-state index in [1.165, 1.54) is 5.30 Å². The zero-order valence-corrected chi connectivity index (χ0v) is 6.94. The summed E-state index contributed by atoms with van der Waals surface area (Å²) in [6.45, 7) is 2.13. The molecule has 2 heteroatoms. The van der Waals surface area contributed by atoms with E-state index in [-0.39, 0.29) is 0 Å². The fraction of sp³-hybridized carbons (Fsp3) is 0.143. The molecule has 0 aliphatic heterocycles. The minimum absolute atomic E-state index is 0.797. The van der Waals surface area contributed by atoms with E-state index in [2.05, 4.69) is 12.7 Å². The van der Waals surface area contributed by atoms with Crippen molar-refractivity contribution >= 4 is 25.5 Å². The highest BCUT2D eigenvalue weighted by atomic mass is 35.5. The second-order valence-corrected chi connectivity index (χ2v) is 3.18. The second kappa shape index (κ2) is 3.20. The monoisotopic (exact) mass is 158 g/mol. The Labute approximate surface area is 62.0 Å². The lowest BCUT2D eigenvalue weighted by Gasteiger charge is -1.96. The Morgan fingerprint density at radius 1 is 1.33 bits per heavy atom. The van der Waals surface area contributed by atoms with Gasteiger partial charge < -0.3 is 0 Å². The molecule has 1 unspecified atom stereocenters. The first-order chi connectivity index (χ1) is 4.34. The molecule has 1 rings (SSSR count). The molecule has 0 heterocycles. The number of hydrogen-bond donors (Lipinski definition) is 0. The smallest absolute Gasteiger partial charge is 0.0480 e. The van der Waals surface area contributed by atoms with Crippen LogP contribution in [0.1, 0.15) is 0 Å². The Morgan fingerprint density at radius 2 is 2.00 bits per heavy atom. The first-order valence-electron chi connectivity index (χ1n) is 2.77. The molecular formula is C7H8ClP. The molecular weight excluding hydrogens is 151 g/mol. The molecule has 0 saturated carbocycles. The lowest BCUT2D eigenvalue weighted by Crippen LogP contribution is -1.92. The van der Waals surface area contributed by atoms with Crippen molar-refractivity contribution in [1.82, 2.24) is 0 Å². The molecule has 0 nitrogen and oxygen atoms in total. The lowest BCUT2D eigenvalue weighted by atomic mass is 10.4. The van der Waals surface area contributed by atoms with Crippen molar-refractivity contribution in [2.24, 2.45) is 0 Å². The first-order valence-corrected chi connectivity index (χ1v) is 4.64. The second-order valence-electron chi connectivity index (χ2n) is 1.73. The van der Waals surface area contributed by atoms with Gasteiger partial charge in [-0.25, -0.2) is 0 Å². The number of hydrogen-bond acceptors (Lipinski definition) is 0. The Morgan fingerprint density at radius 3 is 2.44 bits per heavy atom. The summed E-state index contributed by atoms with van der Waals surface area (Å²) in [5, 5.41) is 2.14. The Balaban J connectivity index is 3.01. The van der Waals surface area contributed by atoms with Crippen molar-refractivity contribution in [2.75, 3.05) is 6.66 Å². The molecule has 0 fully saturated rings. The van der Waals surface area contributed by atoms with Gasteiger partial charge in [-0.05, 0) is 18.0 Å². The van der Waals surface area contributed by atoms with E-state index in [9.17, 15) is 0 Å². The topological polar surface area (TPSA) is 0 Å². The summed E-state index contributed by atoms with van der Waals surface area (Å²) in [6.07, 6.45) is 0. The third-order valence-corrected chi connectivity index (χ3v) is 2.61. The maximum atomic E-state index is 5.83. The Kier molecular flexibility index (Phi) is 2.50. The standard InChI is InChI=1S/C7H8ClP/c1-9-7-5-3-2-4-6(7)8/h2-5,9H,1H3. The number of halogens is 1. The van der Waals surface area contributed by atoms with Gasteiger partial charge in [-0.1, -0.05) is 38.4 Å². The molecule has 0 aliphatic carbocycles. The van der Waals surface area contributed by atoms with E-state index in [0.717, 1.165) is 13.6 Å². The molecule has 0 aliphatic rings. The molecule has 0 amide bonds. The van der Waals surface area contributed by atoms with Crippen molar-refractivity contribution in [2.45, 2.75) is 0 Å². The summed E-state index contributed by atoms with van der Waals surface area (Å²) >= 11 is 5.83. The molecule has 0 radical (unpaired) electrons. The number of benzene rings is 1. The van der Waals surface area contributed by atoms with Crippen LogP contribution in [-0.4, -0.2) is 6.66 Å². The van der Waals surface area contributed by atoms with E-state index < -0.39 is 0 Å². The third-order valence-electron chi connectivity index (χ3n) is 1.14. The Hall–Kier alpha value is -0.0600. The van der Waals surface area contributed by atoms with E-state index in [0.29, 0.717) is 0 Å². The van der Waals surface area contributed by atoms with Crippen molar-refractivity contribution < 1.29 is 0 Å². The molecule has 0 aromatic heterocycles. The SMILES string of the molecule is CPc1ccccc1Cl. The highest BCUT2D eigenvalue weighted by molar-refractivity contribution is 7.46. The lowest BCUT2D eigenvalue weighted by molar-refractivity contribution is 1.77. The zero-order chi connectivity index (χ0) is 6.69. The van der Waals surface area contributed by atoms with Crippen molar-refractivity contribution in [3.8, 4) is 0 Å². The highest BCUT2D eigenvalue weighted by Gasteiger charge is 1.91. The molecule has 1 atom stereocenters. The van der Waals surface area contributed by atoms with Gasteiger partial charge in [0.15, 0.2) is 0 Å². The van der Waals surface area contributed by atoms with E-state index in [1.807, 2.05) is 18.2 Å². The molecule has 9 heavy (non-hydrogen) atoms. The first kappa shape index (κ1) is 7.05. The van der Waals surface area contributed by atoms with Gasteiger partial charge >= 0.3 is 0 Å². The summed E-state index contributed by atoms with van der Waals surface area (Å²) in [6, 6.07) is 7.94. The van der Waals surface area contributed by atoms with Crippen molar-refractivity contribution in [3.63, 3.8) is 0 Å². The minimum Gasteiger partial charge on any atom is -0.0920 e. The van der Waals surface area contributed by atoms with E-state index in [1.54, 1.807) is 0 Å². The molecule has 1 aromatic rings. The predicted octanol–water partition coefficient (Wildman–Crippen LogP) is 2.27. The molecule has 48 valence electrons. The van der Waals surface area contributed by atoms with Gasteiger partial charge in [-0.15, -0.1) is 0 Å². The molecule has 0 N–H and O–H groups in total. The van der Waals surface area contributed by atoms with Crippen LogP contribution in [0.2, 0.25) is 5.02 Å². The summed E-state index contributed by atoms with van der Waals surface area (Å²) in [4.78, 5) is 0. The van der Waals surface area contributed by atoms with Crippen LogP contribution >= 0.6 is 20.2 Å². The van der Waals surface area contributed by atoms with Gasteiger partial charge in [0.1, 0.15) is 0 Å². The van der Waals surface area contributed by atoms with Gasteiger partial charge in [0, 0.05) is 5.02 Å². The quantitative estimate of drug-likeness (QED) is 0.550. The predicted molar refractivity (Wildman–Crippen MR) is 45.3 cm³/mol. The minimum atomic E-state index is 0.797. The fourth-order valence-electron chi connectivity index (χ4n) is 0.664. The van der Waals surface area contributed by atoms with Crippen LogP contribution in [0.4, 0.5) is 0 Å². The van der Waals surface area contributed by atoms with Crippen LogP contribution in [0.3, 0.4) is 0 Å². The molecule has 0 spiro atoms. The van der Waals surface area contributed by atoms with Crippen LogP contribution in [0.25, 0.3) is 0 Å². The molecule has 0 bridgehead atoms. The van der Waals surface area contributed by atoms with Gasteiger partial charge in [-0.3, -0.25) is 0 Å². The van der Waals surface area contributed by atoms with Gasteiger partial charge in [0.25, 0.3) is 0 Å². The van der Waals surface area contributed by atoms with Gasteiger partial charge in [0.2, 0.25) is 0 Å². The summed E-state index contributed by atoms with van der Waals surface area (Å²) < 4.78 is 0. The third kappa shape index (κ3) is 1.67. The van der Waals surface area contributed by atoms with Crippen LogP contribution in [-0.2, 0) is 0 Å². The number of rotatable bonds is 1. The largest absolute Gasteiger partial charge is 0.0920 e. The van der Waals surface area contributed by atoms with Crippen molar-refractivity contribution in [1.29, 1.82) is 0 Å². The highest BCUT2D eigenvalue weighted by Crippen LogP contribution is 2.12. The average molecular weight is 159 g/mol. The molecule has 0 saturated heterocycles. The van der Waals surface area contributed by atoms with Crippen LogP contribution in [0, 0.1) is 0 Å². The van der Waals surface area contributed by atoms with Gasteiger partial charge in [0.05, 0.1) is 0 Å². The van der Waals surface area contributed by atoms with Crippen LogP contribution in [0.15, 0.2) is 24.3 Å². The van der Waals surface area contributed by atoms with Crippen LogP contribution < -0.4 is 5.30 Å². The van der Waals surface area contributed by atoms with E-state index >= 15 is 0 Å². The van der Waals surface area contributed by atoms with Crippen LogP contribution in [0.5, 0.6) is 0 Å².